The van der Waals surface area contributed by atoms with Gasteiger partial charge in [0, 0.05) is 18.7 Å². The molecule has 1 atom stereocenters. The minimum atomic E-state index is -0.315. The lowest BCUT2D eigenvalue weighted by molar-refractivity contribution is 0.528. The SMILES string of the molecule is CCCC1CCN(c2ccc(C(=N)N)c(Br)c2F)C1. The van der Waals surface area contributed by atoms with Gasteiger partial charge in [-0.3, -0.25) is 5.41 Å². The molecule has 1 aliphatic rings. The number of benzene rings is 1. The number of halogens is 2. The van der Waals surface area contributed by atoms with Crippen LogP contribution in [0.15, 0.2) is 16.6 Å². The molecule has 0 saturated carbocycles. The number of rotatable bonds is 4. The van der Waals surface area contributed by atoms with Crippen LogP contribution in [0.1, 0.15) is 31.7 Å². The summed E-state index contributed by atoms with van der Waals surface area (Å²) in [6.45, 7) is 3.99. The van der Waals surface area contributed by atoms with Gasteiger partial charge in [-0.25, -0.2) is 4.39 Å². The van der Waals surface area contributed by atoms with Crippen molar-refractivity contribution in [3.8, 4) is 0 Å². The second kappa shape index (κ2) is 5.90. The van der Waals surface area contributed by atoms with Crippen molar-refractivity contribution in [1.29, 1.82) is 5.41 Å². The van der Waals surface area contributed by atoms with Gasteiger partial charge in [-0.15, -0.1) is 0 Å². The van der Waals surface area contributed by atoms with Gasteiger partial charge in [-0.1, -0.05) is 13.3 Å². The second-order valence-corrected chi connectivity index (χ2v) is 5.86. The number of nitrogens with zero attached hydrogens (tertiary/aromatic N) is 1. The molecule has 0 aliphatic carbocycles. The molecule has 1 aromatic carbocycles. The number of nitrogen functional groups attached to an aromatic ring is 1. The van der Waals surface area contributed by atoms with E-state index < -0.39 is 0 Å². The minimum absolute atomic E-state index is 0.123. The average Bonchev–Trinajstić information content (AvgIpc) is 2.81. The predicted molar refractivity (Wildman–Crippen MR) is 80.3 cm³/mol. The summed E-state index contributed by atoms with van der Waals surface area (Å²) in [5.74, 6) is 0.225. The van der Waals surface area contributed by atoms with Crippen molar-refractivity contribution >= 4 is 27.5 Å². The summed E-state index contributed by atoms with van der Waals surface area (Å²) in [5.41, 5.74) is 6.44. The highest BCUT2D eigenvalue weighted by Gasteiger charge is 2.25. The number of nitrogens with two attached hydrogens (primary N) is 1. The molecule has 1 saturated heterocycles. The highest BCUT2D eigenvalue weighted by molar-refractivity contribution is 9.10. The topological polar surface area (TPSA) is 53.1 Å². The lowest BCUT2D eigenvalue weighted by Crippen LogP contribution is -2.22. The highest BCUT2D eigenvalue weighted by Crippen LogP contribution is 2.33. The van der Waals surface area contributed by atoms with Gasteiger partial charge in [0.1, 0.15) is 5.84 Å². The van der Waals surface area contributed by atoms with Crippen LogP contribution in [-0.2, 0) is 0 Å². The van der Waals surface area contributed by atoms with E-state index in [-0.39, 0.29) is 16.1 Å². The van der Waals surface area contributed by atoms with Crippen LogP contribution < -0.4 is 10.6 Å². The van der Waals surface area contributed by atoms with E-state index in [1.165, 1.54) is 12.8 Å². The third-order valence-corrected chi connectivity index (χ3v) is 4.45. The molecule has 2 rings (SSSR count). The number of amidine groups is 1. The zero-order chi connectivity index (χ0) is 14.0. The molecule has 5 heteroatoms. The van der Waals surface area contributed by atoms with Crippen molar-refractivity contribution in [3.05, 3.63) is 28.0 Å². The smallest absolute Gasteiger partial charge is 0.161 e. The summed E-state index contributed by atoms with van der Waals surface area (Å²) in [6.07, 6.45) is 3.50. The van der Waals surface area contributed by atoms with Crippen molar-refractivity contribution in [3.63, 3.8) is 0 Å². The first-order chi connectivity index (χ1) is 9.04. The summed E-state index contributed by atoms with van der Waals surface area (Å²) in [5, 5.41) is 7.41. The predicted octanol–water partition coefficient (Wildman–Crippen LogP) is 3.50. The summed E-state index contributed by atoms with van der Waals surface area (Å²) in [6, 6.07) is 3.43. The normalized spacial score (nSPS) is 18.9. The lowest BCUT2D eigenvalue weighted by Gasteiger charge is -2.20. The Morgan fingerprint density at radius 3 is 2.95 bits per heavy atom. The van der Waals surface area contributed by atoms with E-state index in [9.17, 15) is 4.39 Å². The van der Waals surface area contributed by atoms with Gasteiger partial charge in [0.15, 0.2) is 5.82 Å². The molecule has 0 aromatic heterocycles. The van der Waals surface area contributed by atoms with E-state index in [4.69, 9.17) is 11.1 Å². The number of hydrogen-bond acceptors (Lipinski definition) is 2. The fourth-order valence-electron chi connectivity index (χ4n) is 2.69. The molecular weight excluding hydrogens is 309 g/mol. The summed E-state index contributed by atoms with van der Waals surface area (Å²) >= 11 is 3.20. The van der Waals surface area contributed by atoms with Gasteiger partial charge >= 0.3 is 0 Å². The molecule has 1 heterocycles. The first kappa shape index (κ1) is 14.3. The van der Waals surface area contributed by atoms with E-state index >= 15 is 0 Å². The largest absolute Gasteiger partial charge is 0.384 e. The van der Waals surface area contributed by atoms with Crippen LogP contribution in [0.3, 0.4) is 0 Å². The van der Waals surface area contributed by atoms with Crippen LogP contribution in [0, 0.1) is 17.1 Å². The first-order valence-corrected chi connectivity index (χ1v) is 7.41. The number of nitrogens with one attached hydrogen (secondary N) is 1. The third kappa shape index (κ3) is 2.91. The maximum absolute atomic E-state index is 14.3. The Hall–Kier alpha value is -1.10. The van der Waals surface area contributed by atoms with Crippen molar-refractivity contribution in [2.75, 3.05) is 18.0 Å². The van der Waals surface area contributed by atoms with Gasteiger partial charge in [-0.2, -0.15) is 0 Å². The van der Waals surface area contributed by atoms with Crippen LogP contribution in [0.5, 0.6) is 0 Å². The Kier molecular flexibility index (Phi) is 4.45. The lowest BCUT2D eigenvalue weighted by atomic mass is 10.0. The summed E-state index contributed by atoms with van der Waals surface area (Å²) in [7, 11) is 0. The van der Waals surface area contributed by atoms with Gasteiger partial charge < -0.3 is 10.6 Å². The third-order valence-electron chi connectivity index (χ3n) is 3.68. The molecule has 1 fully saturated rings. The van der Waals surface area contributed by atoms with Crippen LogP contribution >= 0.6 is 15.9 Å². The Bertz CT molecular complexity index is 490. The van der Waals surface area contributed by atoms with Crippen molar-refractivity contribution in [2.24, 2.45) is 11.7 Å². The average molecular weight is 328 g/mol. The van der Waals surface area contributed by atoms with E-state index in [1.807, 2.05) is 0 Å². The molecule has 0 radical (unpaired) electrons. The maximum atomic E-state index is 14.3. The first-order valence-electron chi connectivity index (χ1n) is 6.62. The minimum Gasteiger partial charge on any atom is -0.384 e. The number of anilines is 1. The standard InChI is InChI=1S/C14H19BrFN3/c1-2-3-9-6-7-19(8-9)11-5-4-10(14(17)18)12(15)13(11)16/h4-5,9H,2-3,6-8H2,1H3,(H3,17,18). The van der Waals surface area contributed by atoms with Crippen LogP contribution in [0.4, 0.5) is 10.1 Å². The van der Waals surface area contributed by atoms with Crippen LogP contribution in [0.2, 0.25) is 0 Å². The molecule has 0 amide bonds. The molecule has 3 N–H and O–H groups in total. The molecule has 104 valence electrons. The Balaban J connectivity index is 2.23. The molecule has 1 aliphatic heterocycles. The Morgan fingerprint density at radius 2 is 2.32 bits per heavy atom. The summed E-state index contributed by atoms with van der Waals surface area (Å²) < 4.78 is 14.6. The van der Waals surface area contributed by atoms with Gasteiger partial charge in [0.2, 0.25) is 0 Å². The van der Waals surface area contributed by atoms with Crippen molar-refractivity contribution in [1.82, 2.24) is 0 Å². The molecule has 19 heavy (non-hydrogen) atoms. The molecule has 0 bridgehead atoms. The molecule has 3 nitrogen and oxygen atoms in total. The fraction of sp³-hybridized carbons (Fsp3) is 0.500. The van der Waals surface area contributed by atoms with E-state index in [0.717, 1.165) is 19.5 Å². The Morgan fingerprint density at radius 1 is 1.58 bits per heavy atom. The molecule has 0 spiro atoms. The maximum Gasteiger partial charge on any atom is 0.161 e. The summed E-state index contributed by atoms with van der Waals surface area (Å²) in [4.78, 5) is 2.09. The van der Waals surface area contributed by atoms with Gasteiger partial charge in [-0.05, 0) is 46.8 Å². The molecule has 1 aromatic rings. The molecular formula is C14H19BrFN3. The fourth-order valence-corrected chi connectivity index (χ4v) is 3.24. The van der Waals surface area contributed by atoms with Gasteiger partial charge in [0.05, 0.1) is 10.2 Å². The van der Waals surface area contributed by atoms with Gasteiger partial charge in [0.25, 0.3) is 0 Å². The van der Waals surface area contributed by atoms with Crippen LogP contribution in [0.25, 0.3) is 0 Å². The van der Waals surface area contributed by atoms with E-state index in [2.05, 4.69) is 27.8 Å². The van der Waals surface area contributed by atoms with Crippen LogP contribution in [-0.4, -0.2) is 18.9 Å². The highest BCUT2D eigenvalue weighted by atomic mass is 79.9. The quantitative estimate of drug-likeness (QED) is 0.656. The van der Waals surface area contributed by atoms with E-state index in [1.54, 1.807) is 12.1 Å². The van der Waals surface area contributed by atoms with Crippen molar-refractivity contribution in [2.45, 2.75) is 26.2 Å². The monoisotopic (exact) mass is 327 g/mol. The second-order valence-electron chi connectivity index (χ2n) is 5.06. The Labute approximate surface area is 121 Å². The number of hydrogen-bond donors (Lipinski definition) is 2. The molecule has 1 unspecified atom stereocenters. The van der Waals surface area contributed by atoms with E-state index in [0.29, 0.717) is 17.2 Å². The zero-order valence-corrected chi connectivity index (χ0v) is 12.6. The zero-order valence-electron chi connectivity index (χ0n) is 11.0. The van der Waals surface area contributed by atoms with Crippen molar-refractivity contribution < 1.29 is 4.39 Å².